The van der Waals surface area contributed by atoms with Gasteiger partial charge in [0.05, 0.1) is 23.5 Å². The molecule has 2 heterocycles. The summed E-state index contributed by atoms with van der Waals surface area (Å²) in [5.41, 5.74) is -1.38. The first-order valence-electron chi connectivity index (χ1n) is 8.88. The quantitative estimate of drug-likeness (QED) is 0.697. The molecule has 0 saturated carbocycles. The SMILES string of the molecule is CC(NC(=O)Nc1ccc(F)nc1)C1(O)CCN(C(=O)OC(C)(C)C)CC1. The predicted molar refractivity (Wildman–Crippen MR) is 97.8 cm³/mol. The van der Waals surface area contributed by atoms with Crippen LogP contribution in [0.15, 0.2) is 18.3 Å². The van der Waals surface area contributed by atoms with E-state index >= 15 is 0 Å². The minimum atomic E-state index is -1.14. The lowest BCUT2D eigenvalue weighted by Gasteiger charge is -2.42. The van der Waals surface area contributed by atoms with Crippen LogP contribution < -0.4 is 10.6 Å². The number of urea groups is 1. The molecule has 0 radical (unpaired) electrons. The zero-order chi connectivity index (χ0) is 20.2. The summed E-state index contributed by atoms with van der Waals surface area (Å²) in [6.07, 6.45) is 1.41. The molecule has 9 heteroatoms. The third-order valence-corrected chi connectivity index (χ3v) is 4.42. The van der Waals surface area contributed by atoms with Crippen molar-refractivity contribution in [1.82, 2.24) is 15.2 Å². The summed E-state index contributed by atoms with van der Waals surface area (Å²) in [5.74, 6) is -0.639. The van der Waals surface area contributed by atoms with Crippen molar-refractivity contribution in [1.29, 1.82) is 0 Å². The Morgan fingerprint density at radius 1 is 1.33 bits per heavy atom. The van der Waals surface area contributed by atoms with Gasteiger partial charge >= 0.3 is 12.1 Å². The third kappa shape index (κ3) is 6.06. The Hall–Kier alpha value is -2.42. The van der Waals surface area contributed by atoms with E-state index in [1.165, 1.54) is 12.3 Å². The average Bonchev–Trinajstić information content (AvgIpc) is 2.56. The van der Waals surface area contributed by atoms with Crippen molar-refractivity contribution < 1.29 is 23.8 Å². The Morgan fingerprint density at radius 3 is 2.48 bits per heavy atom. The molecule has 0 aliphatic carbocycles. The lowest BCUT2D eigenvalue weighted by Crippen LogP contribution is -2.58. The van der Waals surface area contributed by atoms with E-state index in [-0.39, 0.29) is 0 Å². The number of likely N-dealkylation sites (tertiary alicyclic amines) is 1. The molecule has 150 valence electrons. The minimum absolute atomic E-state index is 0.311. The zero-order valence-electron chi connectivity index (χ0n) is 16.1. The fourth-order valence-corrected chi connectivity index (χ4v) is 2.78. The van der Waals surface area contributed by atoms with Gasteiger partial charge in [-0.25, -0.2) is 14.6 Å². The van der Waals surface area contributed by atoms with E-state index in [1.807, 2.05) is 0 Å². The topological polar surface area (TPSA) is 104 Å². The van der Waals surface area contributed by atoms with Crippen LogP contribution in [0.3, 0.4) is 0 Å². The van der Waals surface area contributed by atoms with Gasteiger partial charge in [0.25, 0.3) is 0 Å². The monoisotopic (exact) mass is 382 g/mol. The maximum Gasteiger partial charge on any atom is 0.410 e. The number of hydrogen-bond donors (Lipinski definition) is 3. The van der Waals surface area contributed by atoms with Gasteiger partial charge in [0.2, 0.25) is 5.95 Å². The van der Waals surface area contributed by atoms with Gasteiger partial charge in [0.15, 0.2) is 0 Å². The zero-order valence-corrected chi connectivity index (χ0v) is 16.1. The van der Waals surface area contributed by atoms with Crippen molar-refractivity contribution in [2.75, 3.05) is 18.4 Å². The number of ether oxygens (including phenoxy) is 1. The molecule has 3 N–H and O–H groups in total. The molecular formula is C18H27FN4O4. The van der Waals surface area contributed by atoms with Gasteiger partial charge in [-0.15, -0.1) is 0 Å². The molecule has 8 nitrogen and oxygen atoms in total. The molecule has 1 fully saturated rings. The van der Waals surface area contributed by atoms with E-state index in [0.717, 1.165) is 6.07 Å². The van der Waals surface area contributed by atoms with Gasteiger partial charge in [-0.05, 0) is 52.7 Å². The number of anilines is 1. The first-order chi connectivity index (χ1) is 12.5. The highest BCUT2D eigenvalue weighted by molar-refractivity contribution is 5.89. The number of piperidine rings is 1. The van der Waals surface area contributed by atoms with Crippen molar-refractivity contribution in [3.63, 3.8) is 0 Å². The van der Waals surface area contributed by atoms with Crippen LogP contribution in [-0.4, -0.2) is 57.4 Å². The van der Waals surface area contributed by atoms with Crippen LogP contribution in [0, 0.1) is 5.95 Å². The lowest BCUT2D eigenvalue weighted by atomic mass is 9.85. The van der Waals surface area contributed by atoms with Gasteiger partial charge in [-0.2, -0.15) is 4.39 Å². The molecule has 27 heavy (non-hydrogen) atoms. The first-order valence-corrected chi connectivity index (χ1v) is 8.88. The molecule has 1 saturated heterocycles. The number of aliphatic hydroxyl groups is 1. The Labute approximate surface area is 158 Å². The van der Waals surface area contributed by atoms with E-state index in [2.05, 4.69) is 15.6 Å². The Balaban J connectivity index is 1.85. The second-order valence-electron chi connectivity index (χ2n) is 7.76. The maximum absolute atomic E-state index is 12.8. The number of aromatic nitrogens is 1. The molecule has 0 bridgehead atoms. The van der Waals surface area contributed by atoms with Crippen molar-refractivity contribution in [3.05, 3.63) is 24.3 Å². The first kappa shape index (κ1) is 20.9. The summed E-state index contributed by atoms with van der Waals surface area (Å²) < 4.78 is 18.1. The van der Waals surface area contributed by atoms with Crippen molar-refractivity contribution in [2.24, 2.45) is 0 Å². The molecule has 0 aromatic carbocycles. The molecule has 1 aromatic rings. The Bertz CT molecular complexity index is 667. The van der Waals surface area contributed by atoms with Crippen molar-refractivity contribution >= 4 is 17.8 Å². The van der Waals surface area contributed by atoms with Crippen LogP contribution >= 0.6 is 0 Å². The van der Waals surface area contributed by atoms with Crippen LogP contribution in [0.5, 0.6) is 0 Å². The van der Waals surface area contributed by atoms with Gasteiger partial charge in [0.1, 0.15) is 5.60 Å². The summed E-state index contributed by atoms with van der Waals surface area (Å²) in [7, 11) is 0. The standard InChI is InChI=1S/C18H27FN4O4/c1-12(21-15(24)22-13-5-6-14(19)20-11-13)18(26)7-9-23(10-8-18)16(25)27-17(2,3)4/h5-6,11-12,26H,7-10H2,1-4H3,(H2,21,22,24). The molecule has 1 aromatic heterocycles. The molecule has 1 aliphatic rings. The van der Waals surface area contributed by atoms with E-state index < -0.39 is 35.3 Å². The summed E-state index contributed by atoms with van der Waals surface area (Å²) in [6.45, 7) is 7.76. The van der Waals surface area contributed by atoms with Crippen LogP contribution in [0.4, 0.5) is 19.7 Å². The molecule has 1 atom stereocenters. The van der Waals surface area contributed by atoms with Crippen LogP contribution in [0.2, 0.25) is 0 Å². The highest BCUT2D eigenvalue weighted by Crippen LogP contribution is 2.27. The molecule has 2 rings (SSSR count). The number of nitrogens with zero attached hydrogens (tertiary/aromatic N) is 2. The smallest absolute Gasteiger partial charge is 0.410 e. The number of nitrogens with one attached hydrogen (secondary N) is 2. The Kier molecular flexibility index (Phi) is 6.25. The van der Waals surface area contributed by atoms with Crippen LogP contribution in [0.25, 0.3) is 0 Å². The number of carbonyl (C=O) groups is 2. The highest BCUT2D eigenvalue weighted by Gasteiger charge is 2.40. The minimum Gasteiger partial charge on any atom is -0.444 e. The largest absolute Gasteiger partial charge is 0.444 e. The molecule has 1 unspecified atom stereocenters. The molecule has 0 spiro atoms. The summed E-state index contributed by atoms with van der Waals surface area (Å²) in [5, 5.41) is 16.1. The highest BCUT2D eigenvalue weighted by atomic mass is 19.1. The van der Waals surface area contributed by atoms with Crippen molar-refractivity contribution in [2.45, 2.75) is 57.8 Å². The molecular weight excluding hydrogens is 355 g/mol. The summed E-state index contributed by atoms with van der Waals surface area (Å²) in [4.78, 5) is 29.2. The summed E-state index contributed by atoms with van der Waals surface area (Å²) >= 11 is 0. The van der Waals surface area contributed by atoms with Crippen molar-refractivity contribution in [3.8, 4) is 0 Å². The number of carbonyl (C=O) groups excluding carboxylic acids is 2. The van der Waals surface area contributed by atoms with Gasteiger partial charge in [-0.3, -0.25) is 0 Å². The van der Waals surface area contributed by atoms with E-state index in [9.17, 15) is 19.1 Å². The average molecular weight is 382 g/mol. The molecule has 3 amide bonds. The fraction of sp³-hybridized carbons (Fsp3) is 0.611. The van der Waals surface area contributed by atoms with Crippen LogP contribution in [-0.2, 0) is 4.74 Å². The number of hydrogen-bond acceptors (Lipinski definition) is 5. The molecule has 1 aliphatic heterocycles. The number of amides is 3. The number of pyridine rings is 1. The van der Waals surface area contributed by atoms with E-state index in [1.54, 1.807) is 32.6 Å². The third-order valence-electron chi connectivity index (χ3n) is 4.42. The van der Waals surface area contributed by atoms with Gasteiger partial charge in [-0.1, -0.05) is 0 Å². The van der Waals surface area contributed by atoms with Crippen LogP contribution in [0.1, 0.15) is 40.5 Å². The van der Waals surface area contributed by atoms with E-state index in [0.29, 0.717) is 31.6 Å². The number of rotatable bonds is 3. The summed E-state index contributed by atoms with van der Waals surface area (Å²) in [6, 6.07) is 1.45. The Morgan fingerprint density at radius 2 is 1.96 bits per heavy atom. The van der Waals surface area contributed by atoms with Gasteiger partial charge in [0, 0.05) is 13.1 Å². The van der Waals surface area contributed by atoms with Gasteiger partial charge < -0.3 is 25.4 Å². The fourth-order valence-electron chi connectivity index (χ4n) is 2.78. The van der Waals surface area contributed by atoms with E-state index in [4.69, 9.17) is 4.74 Å². The second-order valence-corrected chi connectivity index (χ2v) is 7.76. The maximum atomic E-state index is 12.8. The second kappa shape index (κ2) is 8.08. The predicted octanol–water partition coefficient (Wildman–Crippen LogP) is 2.49. The number of halogens is 1. The lowest BCUT2D eigenvalue weighted by molar-refractivity contribution is -0.0482. The normalized spacial score (nSPS) is 17.8.